The van der Waals surface area contributed by atoms with Crippen molar-refractivity contribution in [2.75, 3.05) is 26.7 Å². The van der Waals surface area contributed by atoms with Gasteiger partial charge < -0.3 is 0 Å². The Morgan fingerprint density at radius 2 is 2.00 bits per heavy atom. The first-order chi connectivity index (χ1) is 12.7. The molecule has 1 N–H and O–H groups in total. The van der Waals surface area contributed by atoms with Crippen molar-refractivity contribution in [3.05, 3.63) is 59.4 Å². The molecule has 3 aromatic rings. The molecule has 134 valence electrons. The van der Waals surface area contributed by atoms with Crippen LogP contribution in [0.4, 0.5) is 0 Å². The zero-order valence-corrected chi connectivity index (χ0v) is 15.4. The summed E-state index contributed by atoms with van der Waals surface area (Å²) in [5, 5.41) is 8.70. The highest BCUT2D eigenvalue weighted by Crippen LogP contribution is 2.45. The van der Waals surface area contributed by atoms with Gasteiger partial charge in [-0.25, -0.2) is 4.98 Å². The molecule has 3 atom stereocenters. The summed E-state index contributed by atoms with van der Waals surface area (Å²) in [5.74, 6) is 1.45. The molecular weight excluding hydrogens is 322 g/mol. The van der Waals surface area contributed by atoms with Crippen LogP contribution in [0, 0.1) is 18.8 Å². The van der Waals surface area contributed by atoms with Crippen LogP contribution in [0.2, 0.25) is 0 Å². The first kappa shape index (κ1) is 16.0. The third-order valence-electron chi connectivity index (χ3n) is 6.27. The molecule has 5 rings (SSSR count). The number of hydrogen-bond acceptors (Lipinski definition) is 4. The number of pyridine rings is 1. The lowest BCUT2D eigenvalue weighted by molar-refractivity contribution is 0.223. The minimum atomic E-state index is 0.534. The van der Waals surface area contributed by atoms with E-state index in [2.05, 4.69) is 69.3 Å². The van der Waals surface area contributed by atoms with E-state index in [1.54, 1.807) is 6.20 Å². The number of H-pyrrole nitrogens is 1. The van der Waals surface area contributed by atoms with Gasteiger partial charge in [-0.3, -0.25) is 14.9 Å². The van der Waals surface area contributed by atoms with Crippen molar-refractivity contribution >= 4 is 11.0 Å². The second kappa shape index (κ2) is 6.18. The average Bonchev–Trinajstić information content (AvgIpc) is 3.29. The lowest BCUT2D eigenvalue weighted by Crippen LogP contribution is -2.29. The lowest BCUT2D eigenvalue weighted by atomic mass is 9.88. The predicted molar refractivity (Wildman–Crippen MR) is 103 cm³/mol. The van der Waals surface area contributed by atoms with Gasteiger partial charge in [0.25, 0.3) is 0 Å². The van der Waals surface area contributed by atoms with Gasteiger partial charge in [0.15, 0.2) is 5.65 Å². The second-order valence-electron chi connectivity index (χ2n) is 7.94. The van der Waals surface area contributed by atoms with E-state index in [4.69, 9.17) is 0 Å². The van der Waals surface area contributed by atoms with Crippen molar-refractivity contribution in [3.63, 3.8) is 0 Å². The van der Waals surface area contributed by atoms with E-state index in [-0.39, 0.29) is 0 Å². The molecule has 2 fully saturated rings. The minimum absolute atomic E-state index is 0.534. The van der Waals surface area contributed by atoms with Gasteiger partial charge >= 0.3 is 0 Å². The normalized spacial score (nSPS) is 26.6. The number of fused-ring (bicyclic) bond motifs is 2. The molecular formula is C21H25N5. The fourth-order valence-corrected chi connectivity index (χ4v) is 5.11. The number of rotatable bonds is 3. The van der Waals surface area contributed by atoms with Crippen LogP contribution >= 0.6 is 0 Å². The van der Waals surface area contributed by atoms with Crippen LogP contribution in [0.3, 0.4) is 0 Å². The van der Waals surface area contributed by atoms with Gasteiger partial charge in [0.2, 0.25) is 0 Å². The zero-order chi connectivity index (χ0) is 17.7. The molecule has 2 aromatic heterocycles. The van der Waals surface area contributed by atoms with E-state index in [0.717, 1.165) is 36.6 Å². The Morgan fingerprint density at radius 3 is 2.88 bits per heavy atom. The first-order valence-corrected chi connectivity index (χ1v) is 9.47. The molecule has 5 heteroatoms. The van der Waals surface area contributed by atoms with Crippen molar-refractivity contribution in [3.8, 4) is 0 Å². The van der Waals surface area contributed by atoms with E-state index in [1.165, 1.54) is 23.4 Å². The number of aromatic nitrogens is 3. The molecule has 2 aliphatic rings. The van der Waals surface area contributed by atoms with Crippen molar-refractivity contribution in [2.45, 2.75) is 19.5 Å². The number of aromatic amines is 1. The predicted octanol–water partition coefficient (Wildman–Crippen LogP) is 3.00. The van der Waals surface area contributed by atoms with Gasteiger partial charge in [-0.15, -0.1) is 0 Å². The van der Waals surface area contributed by atoms with Crippen LogP contribution in [0.15, 0.2) is 42.6 Å². The smallest absolute Gasteiger partial charge is 0.181 e. The number of aryl methyl sites for hydroxylation is 1. The van der Waals surface area contributed by atoms with Crippen LogP contribution in [0.5, 0.6) is 0 Å². The Bertz CT molecular complexity index is 933. The molecule has 4 heterocycles. The molecule has 0 bridgehead atoms. The van der Waals surface area contributed by atoms with E-state index in [1.807, 2.05) is 6.07 Å². The summed E-state index contributed by atoms with van der Waals surface area (Å²) in [6.07, 6.45) is 1.80. The number of hydrogen-bond donors (Lipinski definition) is 1. The lowest BCUT2D eigenvalue weighted by Gasteiger charge is -2.28. The molecule has 5 nitrogen and oxygen atoms in total. The topological polar surface area (TPSA) is 48.1 Å². The highest BCUT2D eigenvalue weighted by Gasteiger charge is 2.46. The Labute approximate surface area is 154 Å². The van der Waals surface area contributed by atoms with Crippen LogP contribution in [-0.4, -0.2) is 51.7 Å². The summed E-state index contributed by atoms with van der Waals surface area (Å²) >= 11 is 0. The number of nitrogens with one attached hydrogen (secondary N) is 1. The fraction of sp³-hybridized carbons (Fsp3) is 0.429. The Hall–Kier alpha value is -2.24. The van der Waals surface area contributed by atoms with E-state index in [9.17, 15) is 0 Å². The molecule has 1 aromatic carbocycles. The third kappa shape index (κ3) is 2.54. The summed E-state index contributed by atoms with van der Waals surface area (Å²) in [6.45, 7) is 6.67. The van der Waals surface area contributed by atoms with Crippen molar-refractivity contribution < 1.29 is 0 Å². The van der Waals surface area contributed by atoms with Gasteiger partial charge in [-0.1, -0.05) is 24.3 Å². The fourth-order valence-electron chi connectivity index (χ4n) is 5.11. The van der Waals surface area contributed by atoms with Gasteiger partial charge in [-0.2, -0.15) is 5.10 Å². The molecule has 0 unspecified atom stereocenters. The van der Waals surface area contributed by atoms with Crippen molar-refractivity contribution in [1.82, 2.24) is 25.0 Å². The van der Waals surface area contributed by atoms with Gasteiger partial charge in [0.05, 0.1) is 5.69 Å². The summed E-state index contributed by atoms with van der Waals surface area (Å²) < 4.78 is 0. The largest absolute Gasteiger partial charge is 0.299 e. The van der Waals surface area contributed by atoms with Crippen LogP contribution in [-0.2, 0) is 6.54 Å². The SMILES string of the molecule is Cc1ccccc1[C@@H]1[C@@H]2CN(Cc3[nH]nc4ncccc34)C[C@@H]2CN1C. The molecule has 26 heavy (non-hydrogen) atoms. The highest BCUT2D eigenvalue weighted by molar-refractivity contribution is 5.77. The quantitative estimate of drug-likeness (QED) is 0.791. The standard InChI is InChI=1S/C21H25N5/c1-14-6-3-4-7-16(14)20-18-12-26(11-15(18)10-25(20)2)13-19-17-8-5-9-22-21(17)24-23-19/h3-9,15,18,20H,10-13H2,1-2H3,(H,22,23,24)/t15-,18+,20+/m0/s1. The molecule has 0 radical (unpaired) electrons. The minimum Gasteiger partial charge on any atom is -0.299 e. The van der Waals surface area contributed by atoms with E-state index >= 15 is 0 Å². The molecule has 2 saturated heterocycles. The monoisotopic (exact) mass is 347 g/mol. The Morgan fingerprint density at radius 1 is 1.12 bits per heavy atom. The molecule has 0 amide bonds. The zero-order valence-electron chi connectivity index (χ0n) is 15.4. The summed E-state index contributed by atoms with van der Waals surface area (Å²) in [7, 11) is 2.29. The van der Waals surface area contributed by atoms with E-state index < -0.39 is 0 Å². The highest BCUT2D eigenvalue weighted by atomic mass is 15.3. The summed E-state index contributed by atoms with van der Waals surface area (Å²) in [4.78, 5) is 9.49. The number of benzene rings is 1. The van der Waals surface area contributed by atoms with Gasteiger partial charge in [-0.05, 0) is 49.1 Å². The van der Waals surface area contributed by atoms with Crippen LogP contribution in [0.1, 0.15) is 22.9 Å². The number of likely N-dealkylation sites (tertiary alicyclic amines) is 2. The maximum Gasteiger partial charge on any atom is 0.181 e. The molecule has 0 aliphatic carbocycles. The van der Waals surface area contributed by atoms with Crippen molar-refractivity contribution in [1.29, 1.82) is 0 Å². The Kier molecular flexibility index (Phi) is 3.80. The van der Waals surface area contributed by atoms with Crippen LogP contribution in [0.25, 0.3) is 11.0 Å². The summed E-state index contributed by atoms with van der Waals surface area (Å²) in [6, 6.07) is 13.5. The molecule has 0 spiro atoms. The van der Waals surface area contributed by atoms with Crippen molar-refractivity contribution in [2.24, 2.45) is 11.8 Å². The molecule has 0 saturated carbocycles. The Balaban J connectivity index is 1.37. The second-order valence-corrected chi connectivity index (χ2v) is 7.94. The maximum absolute atomic E-state index is 4.35. The van der Waals surface area contributed by atoms with Gasteiger partial charge in [0, 0.05) is 43.8 Å². The van der Waals surface area contributed by atoms with E-state index in [0.29, 0.717) is 12.0 Å². The third-order valence-corrected chi connectivity index (χ3v) is 6.27. The van der Waals surface area contributed by atoms with Gasteiger partial charge in [0.1, 0.15) is 0 Å². The first-order valence-electron chi connectivity index (χ1n) is 9.47. The van der Waals surface area contributed by atoms with Crippen LogP contribution < -0.4 is 0 Å². The average molecular weight is 347 g/mol. The molecule has 2 aliphatic heterocycles. The number of nitrogens with zero attached hydrogens (tertiary/aromatic N) is 4. The summed E-state index contributed by atoms with van der Waals surface area (Å²) in [5.41, 5.74) is 4.92. The maximum atomic E-state index is 4.35.